The van der Waals surface area contributed by atoms with Crippen molar-refractivity contribution in [2.75, 3.05) is 18.0 Å². The van der Waals surface area contributed by atoms with E-state index in [9.17, 15) is 4.39 Å². The maximum Gasteiger partial charge on any atom is 0.236 e. The molecule has 0 aromatic carbocycles. The molecular formula is C9H10BrFN2. The number of hydrogen-bond donors (Lipinski definition) is 0. The summed E-state index contributed by atoms with van der Waals surface area (Å²) in [6.45, 7) is 1.88. The molecule has 1 aromatic heterocycles. The molecule has 0 amide bonds. The van der Waals surface area contributed by atoms with Gasteiger partial charge in [-0.1, -0.05) is 0 Å². The molecule has 4 heteroatoms. The van der Waals surface area contributed by atoms with Crippen LogP contribution in [-0.2, 0) is 0 Å². The van der Waals surface area contributed by atoms with Crippen molar-refractivity contribution in [1.29, 1.82) is 0 Å². The fraction of sp³-hybridized carbons (Fsp3) is 0.444. The number of hydrogen-bond acceptors (Lipinski definition) is 2. The van der Waals surface area contributed by atoms with Crippen molar-refractivity contribution in [3.63, 3.8) is 0 Å². The summed E-state index contributed by atoms with van der Waals surface area (Å²) in [6.07, 6.45) is 3.77. The summed E-state index contributed by atoms with van der Waals surface area (Å²) in [5.41, 5.74) is 0.617. The van der Waals surface area contributed by atoms with Crippen molar-refractivity contribution >= 4 is 21.6 Å². The first-order valence-corrected chi connectivity index (χ1v) is 5.12. The molecule has 1 saturated heterocycles. The van der Waals surface area contributed by atoms with E-state index in [0.717, 1.165) is 30.4 Å². The van der Waals surface area contributed by atoms with Crippen molar-refractivity contribution in [2.45, 2.75) is 12.8 Å². The lowest BCUT2D eigenvalue weighted by Gasteiger charge is -2.17. The van der Waals surface area contributed by atoms with Gasteiger partial charge < -0.3 is 4.90 Å². The fourth-order valence-corrected chi connectivity index (χ4v) is 1.91. The number of aromatic nitrogens is 1. The quantitative estimate of drug-likeness (QED) is 0.707. The molecule has 70 valence electrons. The Morgan fingerprint density at radius 2 is 2.08 bits per heavy atom. The van der Waals surface area contributed by atoms with E-state index in [2.05, 4.69) is 20.9 Å². The fourth-order valence-electron chi connectivity index (χ4n) is 1.59. The number of anilines is 1. The summed E-state index contributed by atoms with van der Waals surface area (Å²) in [4.78, 5) is 5.70. The molecule has 0 atom stereocenters. The second kappa shape index (κ2) is 3.62. The van der Waals surface area contributed by atoms with Gasteiger partial charge in [0.1, 0.15) is 0 Å². The first kappa shape index (κ1) is 8.94. The van der Waals surface area contributed by atoms with E-state index >= 15 is 0 Å². The Balaban J connectivity index is 2.32. The van der Waals surface area contributed by atoms with Gasteiger partial charge in [0.15, 0.2) is 0 Å². The average molecular weight is 245 g/mol. The van der Waals surface area contributed by atoms with Gasteiger partial charge in [0, 0.05) is 23.8 Å². The van der Waals surface area contributed by atoms with Crippen LogP contribution in [0.4, 0.5) is 10.1 Å². The molecule has 0 spiro atoms. The highest BCUT2D eigenvalue weighted by Crippen LogP contribution is 2.24. The minimum Gasteiger partial charge on any atom is -0.368 e. The van der Waals surface area contributed by atoms with Gasteiger partial charge in [0.25, 0.3) is 0 Å². The standard InChI is InChI=1S/C9H10BrFN2/c10-7-5-8(9(11)12-6-7)13-3-1-2-4-13/h5-6H,1-4H2. The van der Waals surface area contributed by atoms with Gasteiger partial charge in [0.05, 0.1) is 5.69 Å². The van der Waals surface area contributed by atoms with Crippen LogP contribution in [0.2, 0.25) is 0 Å². The maximum absolute atomic E-state index is 13.2. The molecule has 0 N–H and O–H groups in total. The van der Waals surface area contributed by atoms with Crippen LogP contribution in [0.15, 0.2) is 16.7 Å². The smallest absolute Gasteiger partial charge is 0.236 e. The number of rotatable bonds is 1. The van der Waals surface area contributed by atoms with Gasteiger partial charge in [-0.05, 0) is 34.8 Å². The molecule has 13 heavy (non-hydrogen) atoms. The summed E-state index contributed by atoms with van der Waals surface area (Å²) in [5.74, 6) is -0.370. The third kappa shape index (κ3) is 1.82. The van der Waals surface area contributed by atoms with Crippen molar-refractivity contribution in [3.05, 3.63) is 22.7 Å². The normalized spacial score (nSPS) is 16.6. The predicted molar refractivity (Wildman–Crippen MR) is 53.3 cm³/mol. The zero-order valence-electron chi connectivity index (χ0n) is 7.13. The molecule has 0 radical (unpaired) electrons. The summed E-state index contributed by atoms with van der Waals surface area (Å²) in [5, 5.41) is 0. The van der Waals surface area contributed by atoms with E-state index in [1.54, 1.807) is 6.07 Å². The number of halogens is 2. The molecule has 1 aliphatic rings. The SMILES string of the molecule is Fc1ncc(Br)cc1N1CCCC1. The van der Waals surface area contributed by atoms with Crippen molar-refractivity contribution in [3.8, 4) is 0 Å². The molecule has 2 nitrogen and oxygen atoms in total. The lowest BCUT2D eigenvalue weighted by molar-refractivity contribution is 0.579. The van der Waals surface area contributed by atoms with E-state index in [1.165, 1.54) is 6.20 Å². The minimum absolute atomic E-state index is 0.370. The lowest BCUT2D eigenvalue weighted by atomic mass is 10.4. The van der Waals surface area contributed by atoms with Crippen molar-refractivity contribution in [2.24, 2.45) is 0 Å². The summed E-state index contributed by atoms with van der Waals surface area (Å²) in [6, 6.07) is 1.79. The third-order valence-corrected chi connectivity index (χ3v) is 2.67. The molecule has 2 heterocycles. The van der Waals surface area contributed by atoms with Gasteiger partial charge in [-0.15, -0.1) is 0 Å². The van der Waals surface area contributed by atoms with Crippen LogP contribution in [-0.4, -0.2) is 18.1 Å². The topological polar surface area (TPSA) is 16.1 Å². The average Bonchev–Trinajstić information content (AvgIpc) is 2.61. The third-order valence-electron chi connectivity index (χ3n) is 2.23. The highest BCUT2D eigenvalue weighted by atomic mass is 79.9. The molecule has 0 unspecified atom stereocenters. The van der Waals surface area contributed by atoms with Crippen LogP contribution < -0.4 is 4.90 Å². The first-order valence-electron chi connectivity index (χ1n) is 4.33. The number of pyridine rings is 1. The second-order valence-electron chi connectivity index (χ2n) is 3.16. The molecular weight excluding hydrogens is 235 g/mol. The summed E-state index contributed by atoms with van der Waals surface area (Å²) >= 11 is 3.29. The molecule has 1 aliphatic heterocycles. The van der Waals surface area contributed by atoms with Gasteiger partial charge in [-0.3, -0.25) is 0 Å². The van der Waals surface area contributed by atoms with E-state index < -0.39 is 0 Å². The molecule has 1 aromatic rings. The van der Waals surface area contributed by atoms with Crippen LogP contribution in [0.1, 0.15) is 12.8 Å². The van der Waals surface area contributed by atoms with Gasteiger partial charge in [-0.25, -0.2) is 4.98 Å². The lowest BCUT2D eigenvalue weighted by Crippen LogP contribution is -2.19. The monoisotopic (exact) mass is 244 g/mol. The largest absolute Gasteiger partial charge is 0.368 e. The Kier molecular flexibility index (Phi) is 2.49. The summed E-state index contributed by atoms with van der Waals surface area (Å²) < 4.78 is 14.1. The van der Waals surface area contributed by atoms with E-state index in [-0.39, 0.29) is 5.95 Å². The number of nitrogens with zero attached hydrogens (tertiary/aromatic N) is 2. The van der Waals surface area contributed by atoms with Gasteiger partial charge in [0.2, 0.25) is 5.95 Å². The second-order valence-corrected chi connectivity index (χ2v) is 4.07. The highest BCUT2D eigenvalue weighted by Gasteiger charge is 2.16. The molecule has 1 fully saturated rings. The van der Waals surface area contributed by atoms with Crippen LogP contribution in [0, 0.1) is 5.95 Å². The Morgan fingerprint density at radius 1 is 1.38 bits per heavy atom. The van der Waals surface area contributed by atoms with E-state index in [4.69, 9.17) is 0 Å². The van der Waals surface area contributed by atoms with Crippen LogP contribution in [0.3, 0.4) is 0 Å². The van der Waals surface area contributed by atoms with E-state index in [0.29, 0.717) is 5.69 Å². The van der Waals surface area contributed by atoms with Crippen LogP contribution >= 0.6 is 15.9 Å². The van der Waals surface area contributed by atoms with Crippen LogP contribution in [0.5, 0.6) is 0 Å². The Bertz CT molecular complexity index is 310. The van der Waals surface area contributed by atoms with Crippen LogP contribution in [0.25, 0.3) is 0 Å². The first-order chi connectivity index (χ1) is 6.27. The Labute approximate surface area is 84.9 Å². The summed E-state index contributed by atoms with van der Waals surface area (Å²) in [7, 11) is 0. The Hall–Kier alpha value is -0.640. The van der Waals surface area contributed by atoms with E-state index in [1.807, 2.05) is 4.90 Å². The zero-order valence-corrected chi connectivity index (χ0v) is 8.72. The maximum atomic E-state index is 13.2. The zero-order chi connectivity index (χ0) is 9.26. The van der Waals surface area contributed by atoms with Gasteiger partial charge in [-0.2, -0.15) is 4.39 Å². The molecule has 0 bridgehead atoms. The molecule has 0 saturated carbocycles. The Morgan fingerprint density at radius 3 is 2.77 bits per heavy atom. The predicted octanol–water partition coefficient (Wildman–Crippen LogP) is 2.58. The van der Waals surface area contributed by atoms with Crippen molar-refractivity contribution in [1.82, 2.24) is 4.98 Å². The van der Waals surface area contributed by atoms with Gasteiger partial charge >= 0.3 is 0 Å². The highest BCUT2D eigenvalue weighted by molar-refractivity contribution is 9.10. The molecule has 0 aliphatic carbocycles. The van der Waals surface area contributed by atoms with Crippen molar-refractivity contribution < 1.29 is 4.39 Å². The minimum atomic E-state index is -0.370. The molecule has 2 rings (SSSR count).